The molecule has 8 nitrogen and oxygen atoms in total. The number of allylic oxidation sites excluding steroid dienone is 4. The Morgan fingerprint density at radius 3 is 2.66 bits per heavy atom. The molecule has 0 saturated heterocycles. The molecule has 1 unspecified atom stereocenters. The van der Waals surface area contributed by atoms with Gasteiger partial charge in [0.1, 0.15) is 11.6 Å². The number of carbonyl (C=O) groups excluding carboxylic acids is 4. The maximum atomic E-state index is 13.3. The number of urea groups is 1. The number of carbonyl (C=O) groups is 4. The van der Waals surface area contributed by atoms with Crippen LogP contribution in [0.15, 0.2) is 36.0 Å². The molecule has 0 radical (unpaired) electrons. The molecule has 0 spiro atoms. The molecule has 1 aliphatic heterocycles. The lowest BCUT2D eigenvalue weighted by Crippen LogP contribution is -2.56. The molecule has 2 N–H and O–H groups in total. The summed E-state index contributed by atoms with van der Waals surface area (Å²) in [5.74, 6) is -1.17. The third-order valence-corrected chi connectivity index (χ3v) is 7.27. The molecule has 188 valence electrons. The largest absolute Gasteiger partial charge is 0.501 e. The van der Waals surface area contributed by atoms with Gasteiger partial charge in [-0.3, -0.25) is 9.59 Å². The number of nitrogens with zero attached hydrogens (tertiary/aromatic N) is 2. The van der Waals surface area contributed by atoms with Crippen LogP contribution in [0.5, 0.6) is 0 Å². The summed E-state index contributed by atoms with van der Waals surface area (Å²) < 4.78 is 1.40. The molecule has 0 aromatic rings. The molecule has 1 saturated carbocycles. The first kappa shape index (κ1) is 25.1. The van der Waals surface area contributed by atoms with E-state index in [1.807, 2.05) is 0 Å². The van der Waals surface area contributed by atoms with Crippen molar-refractivity contribution in [2.24, 2.45) is 5.92 Å². The van der Waals surface area contributed by atoms with Gasteiger partial charge in [0.2, 0.25) is 5.91 Å². The maximum absolute atomic E-state index is 13.3. The lowest BCUT2D eigenvalue weighted by atomic mass is 9.94. The average molecular weight is 482 g/mol. The zero-order chi connectivity index (χ0) is 24.6. The minimum absolute atomic E-state index is 0.0362. The van der Waals surface area contributed by atoms with E-state index in [4.69, 9.17) is 0 Å². The van der Waals surface area contributed by atoms with E-state index in [2.05, 4.69) is 16.7 Å². The number of amides is 5. The minimum Gasteiger partial charge on any atom is -0.353 e. The summed E-state index contributed by atoms with van der Waals surface area (Å²) in [4.78, 5) is 52.5. The number of hydrogen-bond donors (Lipinski definition) is 2. The van der Waals surface area contributed by atoms with Crippen molar-refractivity contribution in [1.29, 1.82) is 0 Å². The Morgan fingerprint density at radius 1 is 1.06 bits per heavy atom. The highest BCUT2D eigenvalue weighted by Gasteiger charge is 2.46. The van der Waals surface area contributed by atoms with Crippen LogP contribution in [-0.4, -0.2) is 64.6 Å². The van der Waals surface area contributed by atoms with Crippen molar-refractivity contribution in [3.8, 4) is 0 Å². The van der Waals surface area contributed by atoms with Crippen LogP contribution < -0.4 is 10.6 Å². The number of rotatable bonds is 10. The van der Waals surface area contributed by atoms with Crippen LogP contribution in [0.4, 0.5) is 4.79 Å². The fourth-order valence-corrected chi connectivity index (χ4v) is 5.34. The molecule has 5 amide bonds. The van der Waals surface area contributed by atoms with Crippen molar-refractivity contribution < 1.29 is 23.8 Å². The van der Waals surface area contributed by atoms with Crippen molar-refractivity contribution in [3.63, 3.8) is 0 Å². The summed E-state index contributed by atoms with van der Waals surface area (Å²) in [5.41, 5.74) is 1.91. The standard InChI is InChI=1S/C27H36N4O4/c32-24(29-21-11-4-5-12-21)15-8-18-30-26(34)22-13-6-7-14-23(22)31(27(30)35)19-25(33)28-17-16-20-9-2-1-3-10-20/h6-7,9,13-14,21-22H,1-5,8,10-12,15-19H2,(H-,28,29,32,33)/p+1. The molecule has 8 heteroatoms. The van der Waals surface area contributed by atoms with Crippen LogP contribution in [0.25, 0.3) is 0 Å². The molecule has 0 aromatic carbocycles. The quantitative estimate of drug-likeness (QED) is 0.370. The van der Waals surface area contributed by atoms with Gasteiger partial charge in [-0.05, 0) is 57.4 Å². The molecule has 1 heterocycles. The smallest absolute Gasteiger partial charge is 0.353 e. The van der Waals surface area contributed by atoms with Crippen LogP contribution in [0.2, 0.25) is 0 Å². The summed E-state index contributed by atoms with van der Waals surface area (Å²) in [6.07, 6.45) is 19.7. The third kappa shape index (κ3) is 6.55. The average Bonchev–Trinajstić information content (AvgIpc) is 3.37. The molecule has 0 bridgehead atoms. The number of nitrogens with one attached hydrogen (secondary N) is 2. The van der Waals surface area contributed by atoms with E-state index in [9.17, 15) is 19.2 Å². The summed E-state index contributed by atoms with van der Waals surface area (Å²) >= 11 is 0. The Bertz CT molecular complexity index is 972. The minimum atomic E-state index is -0.592. The topological polar surface area (TPSA) is 98.6 Å². The Morgan fingerprint density at radius 2 is 1.89 bits per heavy atom. The zero-order valence-electron chi connectivity index (χ0n) is 20.5. The highest BCUT2D eigenvalue weighted by Crippen LogP contribution is 2.21. The Balaban J connectivity index is 1.34. The fraction of sp³-hybridized carbons (Fsp3) is 0.593. The predicted octanol–water partition coefficient (Wildman–Crippen LogP) is 2.99. The van der Waals surface area contributed by atoms with Gasteiger partial charge >= 0.3 is 11.9 Å². The lowest BCUT2D eigenvalue weighted by molar-refractivity contribution is -0.428. The Kier molecular flexibility index (Phi) is 8.66. The van der Waals surface area contributed by atoms with E-state index in [1.54, 1.807) is 24.3 Å². The highest BCUT2D eigenvalue weighted by molar-refractivity contribution is 6.16. The predicted molar refractivity (Wildman–Crippen MR) is 133 cm³/mol. The number of fused-ring (bicyclic) bond motifs is 1. The number of hydrogen-bond acceptors (Lipinski definition) is 4. The van der Waals surface area contributed by atoms with Gasteiger partial charge in [0.15, 0.2) is 6.54 Å². The first-order valence-corrected chi connectivity index (χ1v) is 13.1. The third-order valence-electron chi connectivity index (χ3n) is 7.27. The van der Waals surface area contributed by atoms with Crippen molar-refractivity contribution in [2.75, 3.05) is 19.6 Å². The van der Waals surface area contributed by atoms with Gasteiger partial charge in [0, 0.05) is 19.0 Å². The monoisotopic (exact) mass is 481 g/mol. The molecular weight excluding hydrogens is 444 g/mol. The van der Waals surface area contributed by atoms with Gasteiger partial charge in [0.25, 0.3) is 5.91 Å². The molecule has 4 rings (SSSR count). The van der Waals surface area contributed by atoms with E-state index in [-0.39, 0.29) is 43.3 Å². The summed E-state index contributed by atoms with van der Waals surface area (Å²) in [6.45, 7) is 0.567. The second kappa shape index (κ2) is 12.1. The van der Waals surface area contributed by atoms with Crippen LogP contribution in [0.3, 0.4) is 0 Å². The van der Waals surface area contributed by atoms with Gasteiger partial charge in [-0.1, -0.05) is 42.7 Å². The highest BCUT2D eigenvalue weighted by atomic mass is 16.2. The first-order chi connectivity index (χ1) is 17.0. The molecule has 0 aromatic heterocycles. The Labute approximate surface area is 207 Å². The molecule has 35 heavy (non-hydrogen) atoms. The lowest BCUT2D eigenvalue weighted by Gasteiger charge is -2.26. The van der Waals surface area contributed by atoms with Crippen LogP contribution >= 0.6 is 0 Å². The van der Waals surface area contributed by atoms with E-state index >= 15 is 0 Å². The van der Waals surface area contributed by atoms with Gasteiger partial charge < -0.3 is 10.6 Å². The van der Waals surface area contributed by atoms with Crippen LogP contribution in [0.1, 0.15) is 70.6 Å². The molecular formula is C27H37N4O4+. The van der Waals surface area contributed by atoms with Crippen LogP contribution in [-0.2, 0) is 14.4 Å². The van der Waals surface area contributed by atoms with Gasteiger partial charge in [0.05, 0.1) is 6.54 Å². The SMILES string of the molecule is O=C(C[N+]1=C2C=CC=CC2C(=O)N(CCCC(=O)NC2CCCC2)C1=O)NCCC1=CCCCC1. The maximum Gasteiger partial charge on any atom is 0.501 e. The van der Waals surface area contributed by atoms with E-state index in [1.165, 1.54) is 27.9 Å². The Hall–Kier alpha value is -3.03. The van der Waals surface area contributed by atoms with Gasteiger partial charge in [-0.2, -0.15) is 14.3 Å². The van der Waals surface area contributed by atoms with Gasteiger partial charge in [-0.25, -0.2) is 4.79 Å². The normalized spacial score (nSPS) is 22.3. The van der Waals surface area contributed by atoms with Gasteiger partial charge in [-0.15, -0.1) is 0 Å². The number of imide groups is 1. The molecule has 4 aliphatic rings. The van der Waals surface area contributed by atoms with E-state index in [0.29, 0.717) is 18.7 Å². The van der Waals surface area contributed by atoms with Crippen molar-refractivity contribution in [1.82, 2.24) is 15.5 Å². The summed E-state index contributed by atoms with van der Waals surface area (Å²) in [7, 11) is 0. The summed E-state index contributed by atoms with van der Waals surface area (Å²) in [6, 6.07) is -0.247. The van der Waals surface area contributed by atoms with E-state index < -0.39 is 11.9 Å². The van der Waals surface area contributed by atoms with Crippen molar-refractivity contribution >= 4 is 29.5 Å². The summed E-state index contributed by atoms with van der Waals surface area (Å²) in [5, 5.41) is 5.97. The zero-order valence-corrected chi connectivity index (χ0v) is 20.5. The fourth-order valence-electron chi connectivity index (χ4n) is 5.34. The second-order valence-corrected chi connectivity index (χ2v) is 9.87. The first-order valence-electron chi connectivity index (χ1n) is 13.1. The van der Waals surface area contributed by atoms with Crippen molar-refractivity contribution in [3.05, 3.63) is 36.0 Å². The molecule has 1 fully saturated rings. The van der Waals surface area contributed by atoms with Crippen molar-refractivity contribution in [2.45, 2.75) is 76.7 Å². The second-order valence-electron chi connectivity index (χ2n) is 9.87. The van der Waals surface area contributed by atoms with E-state index in [0.717, 1.165) is 44.9 Å². The molecule has 3 aliphatic carbocycles. The molecule has 1 atom stereocenters. The van der Waals surface area contributed by atoms with Crippen LogP contribution in [0, 0.1) is 5.92 Å².